The van der Waals surface area contributed by atoms with Crippen LogP contribution in [0.3, 0.4) is 0 Å². The summed E-state index contributed by atoms with van der Waals surface area (Å²) in [5, 5.41) is 6.79. The zero-order chi connectivity index (χ0) is 19.5. The summed E-state index contributed by atoms with van der Waals surface area (Å²) in [6.45, 7) is 8.86. The van der Waals surface area contributed by atoms with Crippen LogP contribution in [0.5, 0.6) is 11.5 Å². The Morgan fingerprint density at radius 1 is 1.11 bits per heavy atom. The zero-order valence-corrected chi connectivity index (χ0v) is 20.2. The number of hydrogen-bond donors (Lipinski definition) is 2. The molecule has 7 heteroatoms. The maximum atomic E-state index is 5.36. The third-order valence-corrected chi connectivity index (χ3v) is 4.19. The molecule has 0 spiro atoms. The van der Waals surface area contributed by atoms with Crippen LogP contribution in [0.1, 0.15) is 32.8 Å². The number of nitrogens with zero attached hydrogens (tertiary/aromatic N) is 2. The number of rotatable bonds is 10. The van der Waals surface area contributed by atoms with Gasteiger partial charge in [0, 0.05) is 19.1 Å². The molecule has 1 atom stereocenters. The van der Waals surface area contributed by atoms with E-state index in [1.807, 2.05) is 18.2 Å². The molecule has 0 heterocycles. The van der Waals surface area contributed by atoms with Gasteiger partial charge in [0.25, 0.3) is 0 Å². The predicted octanol–water partition coefficient (Wildman–Crippen LogP) is 3.35. The van der Waals surface area contributed by atoms with Gasteiger partial charge in [0.05, 0.1) is 20.8 Å². The van der Waals surface area contributed by atoms with Crippen molar-refractivity contribution in [1.29, 1.82) is 0 Å². The van der Waals surface area contributed by atoms with Crippen molar-refractivity contribution < 1.29 is 9.47 Å². The van der Waals surface area contributed by atoms with E-state index >= 15 is 0 Å². The topological polar surface area (TPSA) is 58.1 Å². The van der Waals surface area contributed by atoms with Crippen LogP contribution in [0.2, 0.25) is 0 Å². The second kappa shape index (κ2) is 13.9. The molecule has 0 amide bonds. The molecule has 0 bridgehead atoms. The molecule has 2 N–H and O–H groups in total. The predicted molar refractivity (Wildman–Crippen MR) is 125 cm³/mol. The lowest BCUT2D eigenvalue weighted by molar-refractivity contribution is 0.254. The van der Waals surface area contributed by atoms with Gasteiger partial charge in [-0.2, -0.15) is 0 Å². The van der Waals surface area contributed by atoms with Crippen LogP contribution in [0.15, 0.2) is 23.2 Å². The van der Waals surface area contributed by atoms with Crippen LogP contribution in [-0.2, 0) is 6.54 Å². The summed E-state index contributed by atoms with van der Waals surface area (Å²) >= 11 is 0. The molecule has 0 radical (unpaired) electrons. The van der Waals surface area contributed by atoms with Crippen molar-refractivity contribution >= 4 is 29.9 Å². The fourth-order valence-electron chi connectivity index (χ4n) is 2.73. The van der Waals surface area contributed by atoms with Crippen molar-refractivity contribution in [2.24, 2.45) is 10.9 Å². The van der Waals surface area contributed by atoms with Crippen molar-refractivity contribution in [3.63, 3.8) is 0 Å². The molecule has 1 aromatic rings. The molecule has 1 rings (SSSR count). The maximum absolute atomic E-state index is 5.36. The van der Waals surface area contributed by atoms with Crippen molar-refractivity contribution in [2.75, 3.05) is 41.4 Å². The highest BCUT2D eigenvalue weighted by Crippen LogP contribution is 2.27. The largest absolute Gasteiger partial charge is 0.493 e. The number of aliphatic imine (C=N–C) groups is 1. The number of ether oxygens (including phenoxy) is 2. The van der Waals surface area contributed by atoms with Crippen LogP contribution < -0.4 is 20.1 Å². The van der Waals surface area contributed by atoms with Gasteiger partial charge in [0.1, 0.15) is 0 Å². The summed E-state index contributed by atoms with van der Waals surface area (Å²) in [6, 6.07) is 6.36. The van der Waals surface area contributed by atoms with Gasteiger partial charge in [0.15, 0.2) is 17.5 Å². The molecule has 0 aliphatic rings. The van der Waals surface area contributed by atoms with E-state index in [0.29, 0.717) is 18.5 Å². The van der Waals surface area contributed by atoms with Crippen LogP contribution in [0.4, 0.5) is 0 Å². The normalized spacial score (nSPS) is 12.6. The Bertz CT molecular complexity index is 565. The Kier molecular flexibility index (Phi) is 13.2. The number of nitrogens with one attached hydrogen (secondary N) is 2. The van der Waals surface area contributed by atoms with Gasteiger partial charge in [-0.3, -0.25) is 0 Å². The Hall–Kier alpha value is -1.22. The number of benzene rings is 1. The maximum Gasteiger partial charge on any atom is 0.191 e. The Morgan fingerprint density at radius 2 is 1.78 bits per heavy atom. The van der Waals surface area contributed by atoms with Crippen LogP contribution in [0, 0.1) is 5.92 Å². The van der Waals surface area contributed by atoms with Crippen molar-refractivity contribution in [3.8, 4) is 11.5 Å². The van der Waals surface area contributed by atoms with Gasteiger partial charge in [-0.1, -0.05) is 19.9 Å². The second-order valence-corrected chi connectivity index (χ2v) is 7.01. The highest BCUT2D eigenvalue weighted by Gasteiger charge is 2.14. The molecule has 27 heavy (non-hydrogen) atoms. The van der Waals surface area contributed by atoms with Crippen molar-refractivity contribution in [1.82, 2.24) is 15.5 Å². The minimum absolute atomic E-state index is 0. The fourth-order valence-corrected chi connectivity index (χ4v) is 2.73. The number of likely N-dealkylation sites (N-methyl/N-ethyl adjacent to an activating group) is 1. The minimum atomic E-state index is 0. The molecule has 0 fully saturated rings. The molecule has 0 aliphatic heterocycles. The van der Waals surface area contributed by atoms with E-state index in [4.69, 9.17) is 14.5 Å². The van der Waals surface area contributed by atoms with Crippen molar-refractivity contribution in [3.05, 3.63) is 23.8 Å². The monoisotopic (exact) mass is 492 g/mol. The van der Waals surface area contributed by atoms with Gasteiger partial charge in [-0.25, -0.2) is 4.99 Å². The van der Waals surface area contributed by atoms with Gasteiger partial charge in [0.2, 0.25) is 0 Å². The molecular weight excluding hydrogens is 455 g/mol. The first-order valence-electron chi connectivity index (χ1n) is 9.30. The number of halogens is 1. The zero-order valence-electron chi connectivity index (χ0n) is 17.8. The van der Waals surface area contributed by atoms with E-state index in [-0.39, 0.29) is 24.0 Å². The Labute approximate surface area is 182 Å². The minimum Gasteiger partial charge on any atom is -0.493 e. The van der Waals surface area contributed by atoms with Crippen LogP contribution in [0.25, 0.3) is 0 Å². The lowest BCUT2D eigenvalue weighted by atomic mass is 10.0. The van der Waals surface area contributed by atoms with E-state index in [1.165, 1.54) is 0 Å². The van der Waals surface area contributed by atoms with E-state index in [2.05, 4.69) is 50.4 Å². The quantitative estimate of drug-likeness (QED) is 0.298. The average Bonchev–Trinajstić information content (AvgIpc) is 2.61. The first-order chi connectivity index (χ1) is 12.4. The highest BCUT2D eigenvalue weighted by molar-refractivity contribution is 14.0. The molecule has 0 aliphatic carbocycles. The van der Waals surface area contributed by atoms with Crippen LogP contribution >= 0.6 is 24.0 Å². The fraction of sp³-hybridized carbons (Fsp3) is 0.650. The second-order valence-electron chi connectivity index (χ2n) is 7.01. The summed E-state index contributed by atoms with van der Waals surface area (Å²) in [5.41, 5.74) is 1.08. The smallest absolute Gasteiger partial charge is 0.191 e. The van der Waals surface area contributed by atoms with Gasteiger partial charge < -0.3 is 25.0 Å². The molecule has 0 saturated heterocycles. The molecular formula is C20H37IN4O2. The Balaban J connectivity index is 0.00000676. The standard InChI is InChI=1S/C20H36N4O2.HI/c1-8-21-20(23-14-17(24(4)5)11-15(2)3)22-13-16-9-10-18(25-6)19(12-16)26-7;/h9-10,12,15,17H,8,11,13-14H2,1-7H3,(H2,21,22,23);1H. The Morgan fingerprint density at radius 3 is 2.30 bits per heavy atom. The van der Waals surface area contributed by atoms with E-state index in [1.54, 1.807) is 14.2 Å². The molecule has 0 saturated carbocycles. The van der Waals surface area contributed by atoms with E-state index in [0.717, 1.165) is 42.5 Å². The number of methoxy groups -OCH3 is 2. The third-order valence-electron chi connectivity index (χ3n) is 4.19. The van der Waals surface area contributed by atoms with E-state index < -0.39 is 0 Å². The summed E-state index contributed by atoms with van der Waals surface area (Å²) in [4.78, 5) is 6.97. The number of hydrogen-bond acceptors (Lipinski definition) is 4. The molecule has 6 nitrogen and oxygen atoms in total. The average molecular weight is 492 g/mol. The summed E-state index contributed by atoms with van der Waals surface area (Å²) in [6.07, 6.45) is 1.15. The van der Waals surface area contributed by atoms with Gasteiger partial charge in [-0.05, 0) is 51.1 Å². The molecule has 1 aromatic carbocycles. The summed E-state index contributed by atoms with van der Waals surface area (Å²) in [7, 11) is 7.54. The summed E-state index contributed by atoms with van der Waals surface area (Å²) < 4.78 is 10.6. The first kappa shape index (κ1) is 25.8. The number of guanidine groups is 1. The third kappa shape index (κ3) is 9.51. The van der Waals surface area contributed by atoms with Crippen molar-refractivity contribution in [2.45, 2.75) is 39.8 Å². The van der Waals surface area contributed by atoms with Gasteiger partial charge >= 0.3 is 0 Å². The molecule has 1 unspecified atom stereocenters. The van der Waals surface area contributed by atoms with Crippen LogP contribution in [-0.4, -0.2) is 58.3 Å². The lowest BCUT2D eigenvalue weighted by Crippen LogP contribution is -2.45. The molecule has 0 aromatic heterocycles. The SMILES string of the molecule is CCNC(=NCc1ccc(OC)c(OC)c1)NCC(CC(C)C)N(C)C.I. The van der Waals surface area contributed by atoms with E-state index in [9.17, 15) is 0 Å². The molecule has 156 valence electrons. The highest BCUT2D eigenvalue weighted by atomic mass is 127. The van der Waals surface area contributed by atoms with Gasteiger partial charge in [-0.15, -0.1) is 24.0 Å². The first-order valence-corrected chi connectivity index (χ1v) is 9.30. The lowest BCUT2D eigenvalue weighted by Gasteiger charge is -2.27. The summed E-state index contributed by atoms with van der Waals surface area (Å²) in [5.74, 6) is 2.95.